The highest BCUT2D eigenvalue weighted by molar-refractivity contribution is 6.31. The lowest BCUT2D eigenvalue weighted by Crippen LogP contribution is -2.39. The second-order valence-electron chi connectivity index (χ2n) is 6.45. The van der Waals surface area contributed by atoms with Crippen LogP contribution in [0.5, 0.6) is 5.75 Å². The van der Waals surface area contributed by atoms with Gasteiger partial charge in [-0.15, -0.1) is 0 Å². The summed E-state index contributed by atoms with van der Waals surface area (Å²) in [5, 5.41) is 0.583. The molecule has 0 spiro atoms. The Morgan fingerprint density at radius 1 is 1.26 bits per heavy atom. The first kappa shape index (κ1) is 17.7. The van der Waals surface area contributed by atoms with Crippen LogP contribution >= 0.6 is 11.6 Å². The lowest BCUT2D eigenvalue weighted by atomic mass is 10.2. The fourth-order valence-electron chi connectivity index (χ4n) is 3.65. The van der Waals surface area contributed by atoms with Crippen molar-refractivity contribution in [2.45, 2.75) is 26.4 Å². The van der Waals surface area contributed by atoms with Crippen molar-refractivity contribution in [2.24, 2.45) is 7.05 Å². The quantitative estimate of drug-likeness (QED) is 0.686. The summed E-state index contributed by atoms with van der Waals surface area (Å²) in [7, 11) is 3.24. The van der Waals surface area contributed by atoms with Gasteiger partial charge in [0.1, 0.15) is 5.75 Å². The number of methoxy groups -OCH3 is 1. The molecule has 0 radical (unpaired) electrons. The van der Waals surface area contributed by atoms with Crippen molar-refractivity contribution in [3.05, 3.63) is 44.1 Å². The van der Waals surface area contributed by atoms with Crippen molar-refractivity contribution < 1.29 is 4.74 Å². The van der Waals surface area contributed by atoms with E-state index in [1.807, 2.05) is 15.5 Å². The molecule has 9 heteroatoms. The van der Waals surface area contributed by atoms with E-state index in [2.05, 4.69) is 4.98 Å². The zero-order chi connectivity index (χ0) is 19.3. The number of imidazole rings is 1. The Kier molecular flexibility index (Phi) is 4.22. The van der Waals surface area contributed by atoms with Gasteiger partial charge in [0.25, 0.3) is 5.56 Å². The van der Waals surface area contributed by atoms with Crippen molar-refractivity contribution in [2.75, 3.05) is 18.6 Å². The molecule has 0 fully saturated rings. The topological polar surface area (TPSA) is 74.3 Å². The van der Waals surface area contributed by atoms with Crippen LogP contribution in [0.15, 0.2) is 27.8 Å². The lowest BCUT2D eigenvalue weighted by molar-refractivity contribution is 0.414. The molecule has 2 aromatic heterocycles. The maximum absolute atomic E-state index is 12.9. The third-order valence-electron chi connectivity index (χ3n) is 4.97. The number of hydrogen-bond donors (Lipinski definition) is 0. The molecular weight excluding hydrogens is 370 g/mol. The molecule has 1 aliphatic heterocycles. The summed E-state index contributed by atoms with van der Waals surface area (Å²) in [4.78, 5) is 32.0. The first-order valence-electron chi connectivity index (χ1n) is 8.79. The van der Waals surface area contributed by atoms with Crippen LogP contribution in [0.1, 0.15) is 13.3 Å². The van der Waals surface area contributed by atoms with E-state index in [4.69, 9.17) is 16.3 Å². The van der Waals surface area contributed by atoms with Crippen molar-refractivity contribution in [1.29, 1.82) is 0 Å². The van der Waals surface area contributed by atoms with Gasteiger partial charge in [-0.3, -0.25) is 13.9 Å². The maximum Gasteiger partial charge on any atom is 0.332 e. The minimum absolute atomic E-state index is 0.311. The standard InChI is InChI=1S/C18H20ClN5O3/c1-4-22-16(25)14-15(21(2)18(22)26)20-17-23(8-5-9-24(14)17)12-10-11(19)6-7-13(12)27-3/h6-7,10H,4-5,8-9H2,1-3H3. The third kappa shape index (κ3) is 2.55. The molecule has 0 unspecified atom stereocenters. The Balaban J connectivity index is 2.03. The van der Waals surface area contributed by atoms with Crippen LogP contribution in [0.2, 0.25) is 5.02 Å². The predicted molar refractivity (Wildman–Crippen MR) is 105 cm³/mol. The summed E-state index contributed by atoms with van der Waals surface area (Å²) < 4.78 is 10.0. The molecule has 1 aliphatic rings. The Morgan fingerprint density at radius 3 is 2.74 bits per heavy atom. The van der Waals surface area contributed by atoms with Gasteiger partial charge in [-0.25, -0.2) is 4.79 Å². The Morgan fingerprint density at radius 2 is 2.04 bits per heavy atom. The third-order valence-corrected chi connectivity index (χ3v) is 5.20. The van der Waals surface area contributed by atoms with Crippen molar-refractivity contribution in [3.8, 4) is 5.75 Å². The highest BCUT2D eigenvalue weighted by atomic mass is 35.5. The molecule has 1 aromatic carbocycles. The van der Waals surface area contributed by atoms with Gasteiger partial charge in [0.2, 0.25) is 5.95 Å². The van der Waals surface area contributed by atoms with E-state index in [1.54, 1.807) is 33.2 Å². The van der Waals surface area contributed by atoms with Crippen LogP contribution < -0.4 is 20.9 Å². The fraction of sp³-hybridized carbons (Fsp3) is 0.389. The SMILES string of the molecule is CCn1c(=O)c2c(nc3n2CCCN3c2cc(Cl)ccc2OC)n(C)c1=O. The van der Waals surface area contributed by atoms with Crippen LogP contribution in [0.3, 0.4) is 0 Å². The number of fused-ring (bicyclic) bond motifs is 3. The first-order chi connectivity index (χ1) is 13.0. The fourth-order valence-corrected chi connectivity index (χ4v) is 3.81. The van der Waals surface area contributed by atoms with Gasteiger partial charge < -0.3 is 14.2 Å². The van der Waals surface area contributed by atoms with E-state index in [0.29, 0.717) is 47.5 Å². The molecule has 0 amide bonds. The zero-order valence-corrected chi connectivity index (χ0v) is 16.2. The highest BCUT2D eigenvalue weighted by Gasteiger charge is 2.28. The minimum atomic E-state index is -0.364. The number of anilines is 2. The molecule has 0 bridgehead atoms. The van der Waals surface area contributed by atoms with Crippen LogP contribution in [0.25, 0.3) is 11.2 Å². The monoisotopic (exact) mass is 389 g/mol. The molecule has 0 atom stereocenters. The Bertz CT molecular complexity index is 1160. The second-order valence-corrected chi connectivity index (χ2v) is 6.88. The second kappa shape index (κ2) is 6.45. The normalized spacial score (nSPS) is 13.9. The summed E-state index contributed by atoms with van der Waals surface area (Å²) in [5.74, 6) is 1.28. The van der Waals surface area contributed by atoms with Gasteiger partial charge in [0.05, 0.1) is 12.8 Å². The molecule has 0 saturated heterocycles. The smallest absolute Gasteiger partial charge is 0.332 e. The number of aryl methyl sites for hydroxylation is 2. The van der Waals surface area contributed by atoms with Crippen molar-refractivity contribution in [3.63, 3.8) is 0 Å². The number of hydrogen-bond acceptors (Lipinski definition) is 5. The molecule has 27 heavy (non-hydrogen) atoms. The van der Waals surface area contributed by atoms with Crippen molar-refractivity contribution in [1.82, 2.24) is 18.7 Å². The summed E-state index contributed by atoms with van der Waals surface area (Å²) >= 11 is 6.20. The van der Waals surface area contributed by atoms with E-state index in [9.17, 15) is 9.59 Å². The number of ether oxygens (including phenoxy) is 1. The van der Waals surface area contributed by atoms with Gasteiger partial charge in [-0.2, -0.15) is 4.98 Å². The van der Waals surface area contributed by atoms with Crippen LogP contribution in [0.4, 0.5) is 11.6 Å². The Hall–Kier alpha value is -2.74. The number of nitrogens with zero attached hydrogens (tertiary/aromatic N) is 5. The van der Waals surface area contributed by atoms with E-state index in [1.165, 1.54) is 9.13 Å². The first-order valence-corrected chi connectivity index (χ1v) is 9.16. The number of halogens is 1. The van der Waals surface area contributed by atoms with Crippen LogP contribution in [-0.2, 0) is 20.1 Å². The van der Waals surface area contributed by atoms with Gasteiger partial charge in [-0.1, -0.05) is 11.6 Å². The number of benzene rings is 1. The molecular formula is C18H20ClN5O3. The lowest BCUT2D eigenvalue weighted by Gasteiger charge is -2.30. The van der Waals surface area contributed by atoms with Gasteiger partial charge >= 0.3 is 5.69 Å². The zero-order valence-electron chi connectivity index (χ0n) is 15.4. The molecule has 8 nitrogen and oxygen atoms in total. The predicted octanol–water partition coefficient (Wildman–Crippen LogP) is 2.12. The van der Waals surface area contributed by atoms with E-state index in [0.717, 1.165) is 12.1 Å². The van der Waals surface area contributed by atoms with Crippen molar-refractivity contribution >= 4 is 34.4 Å². The molecule has 0 aliphatic carbocycles. The number of aromatic nitrogens is 4. The summed E-state index contributed by atoms with van der Waals surface area (Å²) in [6, 6.07) is 5.39. The molecule has 4 rings (SSSR count). The van der Waals surface area contributed by atoms with Crippen LogP contribution in [-0.4, -0.2) is 32.3 Å². The van der Waals surface area contributed by atoms with Crippen LogP contribution in [0, 0.1) is 0 Å². The maximum atomic E-state index is 12.9. The summed E-state index contributed by atoms with van der Waals surface area (Å²) in [6.45, 7) is 3.46. The average molecular weight is 390 g/mol. The van der Waals surface area contributed by atoms with E-state index < -0.39 is 0 Å². The summed E-state index contributed by atoms with van der Waals surface area (Å²) in [6.07, 6.45) is 0.822. The molecule has 3 aromatic rings. The van der Waals surface area contributed by atoms with Gasteiger partial charge in [-0.05, 0) is 31.5 Å². The molecule has 0 saturated carbocycles. The number of rotatable bonds is 3. The average Bonchev–Trinajstić information content (AvgIpc) is 3.06. The minimum Gasteiger partial charge on any atom is -0.495 e. The molecule has 142 valence electrons. The Labute approximate surface area is 160 Å². The van der Waals surface area contributed by atoms with E-state index >= 15 is 0 Å². The highest BCUT2D eigenvalue weighted by Crippen LogP contribution is 2.38. The largest absolute Gasteiger partial charge is 0.495 e. The van der Waals surface area contributed by atoms with E-state index in [-0.39, 0.29) is 11.2 Å². The summed E-state index contributed by atoms with van der Waals surface area (Å²) in [5.41, 5.74) is 0.936. The van der Waals surface area contributed by atoms with Gasteiger partial charge in [0, 0.05) is 31.7 Å². The molecule has 0 N–H and O–H groups in total. The molecule has 3 heterocycles. The van der Waals surface area contributed by atoms with Gasteiger partial charge in [0.15, 0.2) is 11.2 Å².